The maximum absolute atomic E-state index is 13.1. The molecule has 0 saturated carbocycles. The number of hydrogen-bond acceptors (Lipinski definition) is 5. The predicted molar refractivity (Wildman–Crippen MR) is 119 cm³/mol. The topological polar surface area (TPSA) is 69.0 Å². The maximum Gasteiger partial charge on any atom is 0.226 e. The maximum atomic E-state index is 13.1. The number of fused-ring (bicyclic) bond motifs is 1. The summed E-state index contributed by atoms with van der Waals surface area (Å²) in [5.74, 6) is 1.64. The second kappa shape index (κ2) is 7.38. The summed E-state index contributed by atoms with van der Waals surface area (Å²) in [6.45, 7) is 6.85. The average Bonchev–Trinajstić information content (AvgIpc) is 3.19. The number of carbonyl (C=O) groups excluding carboxylic acids is 1. The van der Waals surface area contributed by atoms with Gasteiger partial charge >= 0.3 is 0 Å². The number of aromatic nitrogens is 3. The summed E-state index contributed by atoms with van der Waals surface area (Å²) in [6, 6.07) is 16.0. The van der Waals surface area contributed by atoms with Gasteiger partial charge in [-0.15, -0.1) is 0 Å². The van der Waals surface area contributed by atoms with Gasteiger partial charge in [0.2, 0.25) is 5.95 Å². The van der Waals surface area contributed by atoms with Crippen LogP contribution in [0, 0.1) is 12.3 Å². The zero-order valence-corrected chi connectivity index (χ0v) is 18.1. The summed E-state index contributed by atoms with van der Waals surface area (Å²) < 4.78 is 7.76. The van der Waals surface area contributed by atoms with Gasteiger partial charge in [0, 0.05) is 17.7 Å². The third-order valence-corrected chi connectivity index (χ3v) is 6.00. The van der Waals surface area contributed by atoms with Gasteiger partial charge in [-0.2, -0.15) is 10.1 Å². The van der Waals surface area contributed by atoms with Crippen LogP contribution in [0.5, 0.6) is 5.75 Å². The standard InChI is InChI=1S/C25H26N4O2/c1-16-4-6-17(7-5-16)14-31-19-10-8-18(9-11-19)23-22-20(12-25(2,3)13-21(22)30)28-24-26-15-27-29(23)24/h4-11,15,23H,12-14H2,1-3H3,(H,26,27,28)/t23-/m1/s1. The molecule has 158 valence electrons. The molecule has 31 heavy (non-hydrogen) atoms. The number of hydrogen-bond donors (Lipinski definition) is 1. The third-order valence-electron chi connectivity index (χ3n) is 6.00. The van der Waals surface area contributed by atoms with E-state index in [0.717, 1.165) is 34.6 Å². The summed E-state index contributed by atoms with van der Waals surface area (Å²) in [5, 5.41) is 7.75. The van der Waals surface area contributed by atoms with Crippen LogP contribution in [0.1, 0.15) is 49.4 Å². The molecule has 1 aromatic heterocycles. The Kier molecular flexibility index (Phi) is 4.65. The normalized spacial score (nSPS) is 19.5. The van der Waals surface area contributed by atoms with E-state index in [1.807, 2.05) is 24.3 Å². The molecule has 3 aromatic rings. The van der Waals surface area contributed by atoms with Gasteiger partial charge < -0.3 is 10.1 Å². The summed E-state index contributed by atoms with van der Waals surface area (Å²) >= 11 is 0. The molecule has 1 N–H and O–H groups in total. The summed E-state index contributed by atoms with van der Waals surface area (Å²) in [4.78, 5) is 17.5. The van der Waals surface area contributed by atoms with Crippen LogP contribution >= 0.6 is 0 Å². The van der Waals surface area contributed by atoms with Gasteiger partial charge in [0.1, 0.15) is 24.7 Å². The van der Waals surface area contributed by atoms with E-state index in [1.165, 1.54) is 11.9 Å². The van der Waals surface area contributed by atoms with Crippen molar-refractivity contribution in [2.75, 3.05) is 5.32 Å². The van der Waals surface area contributed by atoms with Crippen LogP contribution in [0.2, 0.25) is 0 Å². The van der Waals surface area contributed by atoms with Crippen LogP contribution in [0.4, 0.5) is 5.95 Å². The first-order chi connectivity index (χ1) is 14.9. The minimum absolute atomic E-state index is 0.0661. The first-order valence-electron chi connectivity index (χ1n) is 10.6. The first-order valence-corrected chi connectivity index (χ1v) is 10.6. The molecule has 6 nitrogen and oxygen atoms in total. The number of rotatable bonds is 4. The second-order valence-corrected chi connectivity index (χ2v) is 9.23. The lowest BCUT2D eigenvalue weighted by Crippen LogP contribution is -2.36. The minimum Gasteiger partial charge on any atom is -0.489 e. The fourth-order valence-corrected chi connectivity index (χ4v) is 4.45. The average molecular weight is 415 g/mol. The zero-order chi connectivity index (χ0) is 21.6. The van der Waals surface area contributed by atoms with Gasteiger partial charge in [-0.3, -0.25) is 4.79 Å². The molecular formula is C25H26N4O2. The molecule has 5 rings (SSSR count). The molecule has 1 aliphatic carbocycles. The van der Waals surface area contributed by atoms with Gasteiger partial charge in [0.05, 0.1) is 0 Å². The van der Waals surface area contributed by atoms with E-state index >= 15 is 0 Å². The molecule has 0 unspecified atom stereocenters. The quantitative estimate of drug-likeness (QED) is 0.663. The third kappa shape index (κ3) is 3.74. The molecule has 0 spiro atoms. The van der Waals surface area contributed by atoms with Crippen LogP contribution in [0.15, 0.2) is 66.1 Å². The minimum atomic E-state index is -0.275. The number of benzene rings is 2. The van der Waals surface area contributed by atoms with Crippen molar-refractivity contribution in [1.82, 2.24) is 14.8 Å². The highest BCUT2D eigenvalue weighted by Gasteiger charge is 2.41. The number of Topliss-reactive ketones (excluding diaryl/α,β-unsaturated/α-hetero) is 1. The lowest BCUT2D eigenvalue weighted by Gasteiger charge is -2.38. The molecule has 0 amide bonds. The van der Waals surface area contributed by atoms with Crippen LogP contribution in [-0.4, -0.2) is 20.5 Å². The van der Waals surface area contributed by atoms with Crippen molar-refractivity contribution in [3.8, 4) is 5.75 Å². The van der Waals surface area contributed by atoms with Gasteiger partial charge in [-0.05, 0) is 42.0 Å². The first kappa shape index (κ1) is 19.5. The lowest BCUT2D eigenvalue weighted by atomic mass is 9.73. The fraction of sp³-hybridized carbons (Fsp3) is 0.320. The van der Waals surface area contributed by atoms with Crippen molar-refractivity contribution in [2.45, 2.75) is 46.3 Å². The van der Waals surface area contributed by atoms with Crippen molar-refractivity contribution in [2.24, 2.45) is 5.41 Å². The van der Waals surface area contributed by atoms with Crippen LogP contribution in [0.25, 0.3) is 0 Å². The number of allylic oxidation sites excluding steroid dienone is 2. The highest BCUT2D eigenvalue weighted by Crippen LogP contribution is 2.45. The van der Waals surface area contributed by atoms with Gasteiger partial charge in [0.25, 0.3) is 0 Å². The van der Waals surface area contributed by atoms with Crippen LogP contribution < -0.4 is 10.1 Å². The van der Waals surface area contributed by atoms with Crippen LogP contribution in [0.3, 0.4) is 0 Å². The van der Waals surface area contributed by atoms with E-state index in [9.17, 15) is 4.79 Å². The number of carbonyl (C=O) groups is 1. The van der Waals surface area contributed by atoms with E-state index in [1.54, 1.807) is 4.68 Å². The van der Waals surface area contributed by atoms with E-state index in [0.29, 0.717) is 19.0 Å². The van der Waals surface area contributed by atoms with E-state index < -0.39 is 0 Å². The Morgan fingerprint density at radius 3 is 2.58 bits per heavy atom. The van der Waals surface area contributed by atoms with Crippen molar-refractivity contribution < 1.29 is 9.53 Å². The molecule has 0 saturated heterocycles. The molecule has 6 heteroatoms. The number of aryl methyl sites for hydroxylation is 1. The Labute approximate surface area is 182 Å². The number of nitrogens with one attached hydrogen (secondary N) is 1. The highest BCUT2D eigenvalue weighted by atomic mass is 16.5. The van der Waals surface area contributed by atoms with E-state index in [4.69, 9.17) is 4.74 Å². The lowest BCUT2D eigenvalue weighted by molar-refractivity contribution is -0.118. The van der Waals surface area contributed by atoms with E-state index in [-0.39, 0.29) is 17.2 Å². The molecule has 2 aliphatic rings. The second-order valence-electron chi connectivity index (χ2n) is 9.23. The molecule has 2 heterocycles. The number of ether oxygens (including phenoxy) is 1. The number of ketones is 1. The molecule has 1 atom stereocenters. The van der Waals surface area contributed by atoms with Crippen molar-refractivity contribution in [3.05, 3.63) is 82.8 Å². The Hall–Kier alpha value is -3.41. The van der Waals surface area contributed by atoms with Gasteiger partial charge in [-0.1, -0.05) is 55.8 Å². The molecular weight excluding hydrogens is 388 g/mol. The van der Waals surface area contributed by atoms with Crippen molar-refractivity contribution in [1.29, 1.82) is 0 Å². The van der Waals surface area contributed by atoms with Gasteiger partial charge in [-0.25, -0.2) is 4.68 Å². The Morgan fingerprint density at radius 2 is 1.84 bits per heavy atom. The van der Waals surface area contributed by atoms with Crippen molar-refractivity contribution >= 4 is 11.7 Å². The summed E-state index contributed by atoms with van der Waals surface area (Å²) in [7, 11) is 0. The van der Waals surface area contributed by atoms with Crippen LogP contribution in [-0.2, 0) is 11.4 Å². The molecule has 2 aromatic carbocycles. The number of anilines is 1. The molecule has 0 radical (unpaired) electrons. The molecule has 0 bridgehead atoms. The van der Waals surface area contributed by atoms with Crippen molar-refractivity contribution in [3.63, 3.8) is 0 Å². The Morgan fingerprint density at radius 1 is 1.10 bits per heavy atom. The zero-order valence-electron chi connectivity index (χ0n) is 18.1. The fourth-order valence-electron chi connectivity index (χ4n) is 4.45. The predicted octanol–water partition coefficient (Wildman–Crippen LogP) is 4.82. The number of nitrogens with zero attached hydrogens (tertiary/aromatic N) is 3. The SMILES string of the molecule is Cc1ccc(COc2ccc([C@@H]3C4=C(CC(C)(C)CC4=O)Nc4ncnn43)cc2)cc1. The molecule has 1 aliphatic heterocycles. The monoisotopic (exact) mass is 414 g/mol. The largest absolute Gasteiger partial charge is 0.489 e. The summed E-state index contributed by atoms with van der Waals surface area (Å²) in [6.07, 6.45) is 2.88. The highest BCUT2D eigenvalue weighted by molar-refractivity contribution is 6.00. The summed E-state index contributed by atoms with van der Waals surface area (Å²) in [5.41, 5.74) is 5.06. The Bertz CT molecular complexity index is 1160. The smallest absolute Gasteiger partial charge is 0.226 e. The van der Waals surface area contributed by atoms with E-state index in [2.05, 4.69) is 60.4 Å². The van der Waals surface area contributed by atoms with Gasteiger partial charge in [0.15, 0.2) is 5.78 Å². The molecule has 0 fully saturated rings. The Balaban J connectivity index is 1.42.